The summed E-state index contributed by atoms with van der Waals surface area (Å²) < 4.78 is 56.1. The molecule has 132 valence electrons. The van der Waals surface area contributed by atoms with Gasteiger partial charge in [-0.2, -0.15) is 13.2 Å². The number of hydrogen-bond donors (Lipinski definition) is 1. The van der Waals surface area contributed by atoms with Gasteiger partial charge in [0.25, 0.3) is 5.91 Å². The fourth-order valence-electron chi connectivity index (χ4n) is 1.94. The minimum Gasteiger partial charge on any atom is -0.452 e. The summed E-state index contributed by atoms with van der Waals surface area (Å²) in [6, 6.07) is 7.76. The van der Waals surface area contributed by atoms with Crippen LogP contribution in [0.4, 0.5) is 23.2 Å². The largest absolute Gasteiger partial charge is 0.452 e. The molecule has 4 nitrogen and oxygen atoms in total. The third-order valence-electron chi connectivity index (χ3n) is 3.16. The number of halogens is 4. The molecular weight excluding hydrogens is 342 g/mol. The Labute approximate surface area is 140 Å². The summed E-state index contributed by atoms with van der Waals surface area (Å²) in [5, 5.41) is 2.21. The number of carbonyl (C=O) groups excluding carboxylic acids is 2. The van der Waals surface area contributed by atoms with Gasteiger partial charge in [0.15, 0.2) is 6.61 Å². The molecule has 0 heterocycles. The smallest absolute Gasteiger partial charge is 0.416 e. The van der Waals surface area contributed by atoms with E-state index >= 15 is 0 Å². The van der Waals surface area contributed by atoms with Gasteiger partial charge in [0.2, 0.25) is 0 Å². The molecule has 0 saturated heterocycles. The van der Waals surface area contributed by atoms with Crippen LogP contribution in [0.1, 0.15) is 21.5 Å². The van der Waals surface area contributed by atoms with Gasteiger partial charge in [-0.05, 0) is 42.8 Å². The highest BCUT2D eigenvalue weighted by Gasteiger charge is 2.31. The molecule has 0 bridgehead atoms. The molecule has 0 aromatic heterocycles. The lowest BCUT2D eigenvalue weighted by molar-refractivity contribution is -0.137. The number of ether oxygens (including phenoxy) is 1. The molecule has 25 heavy (non-hydrogen) atoms. The quantitative estimate of drug-likeness (QED) is 0.667. The van der Waals surface area contributed by atoms with E-state index in [4.69, 9.17) is 0 Å². The molecule has 0 radical (unpaired) electrons. The molecule has 2 aromatic carbocycles. The maximum atomic E-state index is 13.6. The van der Waals surface area contributed by atoms with Crippen LogP contribution in [0.25, 0.3) is 0 Å². The van der Waals surface area contributed by atoms with E-state index in [0.717, 1.165) is 18.2 Å². The average Bonchev–Trinajstić information content (AvgIpc) is 2.54. The molecule has 2 rings (SSSR count). The van der Waals surface area contributed by atoms with E-state index in [2.05, 4.69) is 10.1 Å². The van der Waals surface area contributed by atoms with Gasteiger partial charge >= 0.3 is 12.1 Å². The number of benzene rings is 2. The van der Waals surface area contributed by atoms with Crippen molar-refractivity contribution in [3.05, 3.63) is 65.0 Å². The van der Waals surface area contributed by atoms with Gasteiger partial charge in [-0.1, -0.05) is 12.1 Å². The zero-order chi connectivity index (χ0) is 18.6. The van der Waals surface area contributed by atoms with Crippen LogP contribution in [0.5, 0.6) is 0 Å². The average molecular weight is 355 g/mol. The first kappa shape index (κ1) is 18.4. The Hall–Kier alpha value is -2.90. The number of nitrogens with one attached hydrogen (secondary N) is 1. The van der Waals surface area contributed by atoms with Gasteiger partial charge in [0, 0.05) is 0 Å². The molecule has 2 aromatic rings. The molecule has 1 N–H and O–H groups in total. The summed E-state index contributed by atoms with van der Waals surface area (Å²) in [5.41, 5.74) is -0.783. The van der Waals surface area contributed by atoms with Crippen LogP contribution < -0.4 is 5.32 Å². The number of esters is 1. The van der Waals surface area contributed by atoms with E-state index in [9.17, 15) is 27.2 Å². The van der Waals surface area contributed by atoms with Gasteiger partial charge in [-0.15, -0.1) is 0 Å². The Kier molecular flexibility index (Phi) is 5.41. The van der Waals surface area contributed by atoms with E-state index in [-0.39, 0.29) is 11.3 Å². The highest BCUT2D eigenvalue weighted by Crippen LogP contribution is 2.29. The number of rotatable bonds is 4. The molecular formula is C17H13F4NO3. The van der Waals surface area contributed by atoms with Gasteiger partial charge < -0.3 is 10.1 Å². The third kappa shape index (κ3) is 5.03. The second-order valence-electron chi connectivity index (χ2n) is 5.19. The third-order valence-corrected chi connectivity index (χ3v) is 3.16. The minimum absolute atomic E-state index is 0.0919. The second-order valence-corrected chi connectivity index (χ2v) is 5.19. The first-order chi connectivity index (χ1) is 11.7. The first-order valence-corrected chi connectivity index (χ1v) is 7.07. The van der Waals surface area contributed by atoms with Crippen LogP contribution in [0, 0.1) is 12.7 Å². The predicted octanol–water partition coefficient (Wildman–Crippen LogP) is 3.95. The zero-order valence-corrected chi connectivity index (χ0v) is 13.0. The normalized spacial score (nSPS) is 11.1. The van der Waals surface area contributed by atoms with Crippen LogP contribution in [-0.2, 0) is 15.7 Å². The fourth-order valence-corrected chi connectivity index (χ4v) is 1.94. The second kappa shape index (κ2) is 7.33. The van der Waals surface area contributed by atoms with Gasteiger partial charge in [0.1, 0.15) is 5.82 Å². The minimum atomic E-state index is -4.60. The van der Waals surface area contributed by atoms with Crippen molar-refractivity contribution in [1.82, 2.24) is 0 Å². The van der Waals surface area contributed by atoms with Gasteiger partial charge in [-0.25, -0.2) is 9.18 Å². The van der Waals surface area contributed by atoms with Crippen molar-refractivity contribution in [2.45, 2.75) is 13.1 Å². The van der Waals surface area contributed by atoms with Crippen molar-refractivity contribution in [2.75, 3.05) is 11.9 Å². The van der Waals surface area contributed by atoms with Crippen molar-refractivity contribution < 1.29 is 31.9 Å². The molecule has 0 atom stereocenters. The highest BCUT2D eigenvalue weighted by atomic mass is 19.4. The number of aryl methyl sites for hydroxylation is 1. The van der Waals surface area contributed by atoms with Crippen molar-refractivity contribution in [3.8, 4) is 0 Å². The Bertz CT molecular complexity index is 803. The lowest BCUT2D eigenvalue weighted by atomic mass is 10.1. The molecule has 0 unspecified atom stereocenters. The molecule has 0 saturated carbocycles. The highest BCUT2D eigenvalue weighted by molar-refractivity contribution is 5.95. The monoisotopic (exact) mass is 355 g/mol. The summed E-state index contributed by atoms with van der Waals surface area (Å²) in [7, 11) is 0. The molecule has 0 aliphatic rings. The fraction of sp³-hybridized carbons (Fsp3) is 0.176. The molecule has 1 amide bonds. The number of amides is 1. The summed E-state index contributed by atoms with van der Waals surface area (Å²) >= 11 is 0. The number of alkyl halides is 3. The topological polar surface area (TPSA) is 55.4 Å². The van der Waals surface area contributed by atoms with E-state index in [1.165, 1.54) is 12.1 Å². The van der Waals surface area contributed by atoms with Crippen LogP contribution in [0.3, 0.4) is 0 Å². The number of carbonyl (C=O) groups is 2. The van der Waals surface area contributed by atoms with E-state index in [1.807, 2.05) is 0 Å². The molecule has 0 fully saturated rings. The van der Waals surface area contributed by atoms with Gasteiger partial charge in [0.05, 0.1) is 16.8 Å². The SMILES string of the molecule is Cc1ccc(NC(=O)COC(=O)c2cccc(C(F)(F)F)c2)c(F)c1. The van der Waals surface area contributed by atoms with E-state index < -0.39 is 36.0 Å². The van der Waals surface area contributed by atoms with Crippen LogP contribution in [0.15, 0.2) is 42.5 Å². The summed E-state index contributed by atoms with van der Waals surface area (Å²) in [6.45, 7) is 0.911. The van der Waals surface area contributed by atoms with Crippen molar-refractivity contribution >= 4 is 17.6 Å². The van der Waals surface area contributed by atoms with E-state index in [1.54, 1.807) is 13.0 Å². The Morgan fingerprint density at radius 3 is 2.48 bits per heavy atom. The molecule has 0 aliphatic heterocycles. The standard InChI is InChI=1S/C17H13F4NO3/c1-10-5-6-14(13(18)7-10)22-15(23)9-25-16(24)11-3-2-4-12(8-11)17(19,20)21/h2-8H,9H2,1H3,(H,22,23). The predicted molar refractivity (Wildman–Crippen MR) is 81.5 cm³/mol. The maximum absolute atomic E-state index is 13.6. The summed E-state index contributed by atoms with van der Waals surface area (Å²) in [4.78, 5) is 23.4. The number of hydrogen-bond acceptors (Lipinski definition) is 3. The van der Waals surface area contributed by atoms with Crippen molar-refractivity contribution in [1.29, 1.82) is 0 Å². The van der Waals surface area contributed by atoms with Crippen LogP contribution in [0.2, 0.25) is 0 Å². The van der Waals surface area contributed by atoms with E-state index in [0.29, 0.717) is 11.6 Å². The summed E-state index contributed by atoms with van der Waals surface area (Å²) in [6.07, 6.45) is -4.60. The first-order valence-electron chi connectivity index (χ1n) is 7.07. The summed E-state index contributed by atoms with van der Waals surface area (Å²) in [5.74, 6) is -2.56. The zero-order valence-electron chi connectivity index (χ0n) is 13.0. The van der Waals surface area contributed by atoms with Gasteiger partial charge in [-0.3, -0.25) is 4.79 Å². The molecule has 0 aliphatic carbocycles. The number of anilines is 1. The Morgan fingerprint density at radius 1 is 1.12 bits per heavy atom. The maximum Gasteiger partial charge on any atom is 0.416 e. The lowest BCUT2D eigenvalue weighted by Crippen LogP contribution is -2.21. The van der Waals surface area contributed by atoms with Crippen molar-refractivity contribution in [2.24, 2.45) is 0 Å². The lowest BCUT2D eigenvalue weighted by Gasteiger charge is -2.10. The Balaban J connectivity index is 1.96. The van der Waals surface area contributed by atoms with Crippen LogP contribution >= 0.6 is 0 Å². The van der Waals surface area contributed by atoms with Crippen LogP contribution in [-0.4, -0.2) is 18.5 Å². The Morgan fingerprint density at radius 2 is 1.84 bits per heavy atom. The molecule has 0 spiro atoms. The van der Waals surface area contributed by atoms with Crippen molar-refractivity contribution in [3.63, 3.8) is 0 Å². The molecule has 8 heteroatoms.